The minimum absolute atomic E-state index is 0.236. The lowest BCUT2D eigenvalue weighted by molar-refractivity contribution is -0.142. The first-order valence-electron chi connectivity index (χ1n) is 6.89. The van der Waals surface area contributed by atoms with Crippen LogP contribution in [0.25, 0.3) is 10.8 Å². The number of aromatic amines is 1. The van der Waals surface area contributed by atoms with Gasteiger partial charge in [-0.2, -0.15) is 5.10 Å². The Morgan fingerprint density at radius 2 is 2.10 bits per heavy atom. The maximum atomic E-state index is 11.9. The standard InChI is InChI=1S/C14H16N4O3/c1-8-11-7-15-12(6-10(11)13(19)17-16-8)18-4-2-9(3-5-18)14(20)21/h6-7,9H,2-5H2,1H3,(H,17,19)(H,20,21). The van der Waals surface area contributed by atoms with E-state index in [1.807, 2.05) is 11.8 Å². The molecule has 0 aromatic carbocycles. The number of carboxylic acid groups (broad SMARTS) is 1. The molecule has 0 aliphatic carbocycles. The number of rotatable bonds is 2. The summed E-state index contributed by atoms with van der Waals surface area (Å²) >= 11 is 0. The van der Waals surface area contributed by atoms with Gasteiger partial charge in [-0.15, -0.1) is 0 Å². The lowest BCUT2D eigenvalue weighted by Gasteiger charge is -2.31. The zero-order valence-corrected chi connectivity index (χ0v) is 11.7. The van der Waals surface area contributed by atoms with Gasteiger partial charge < -0.3 is 10.0 Å². The third-order valence-electron chi connectivity index (χ3n) is 4.02. The topological polar surface area (TPSA) is 99.2 Å². The van der Waals surface area contributed by atoms with Crippen molar-refractivity contribution in [1.82, 2.24) is 15.2 Å². The molecule has 2 aromatic rings. The van der Waals surface area contributed by atoms with Crippen molar-refractivity contribution in [3.8, 4) is 0 Å². The zero-order valence-electron chi connectivity index (χ0n) is 11.7. The fraction of sp³-hybridized carbons (Fsp3) is 0.429. The van der Waals surface area contributed by atoms with Gasteiger partial charge in [-0.3, -0.25) is 9.59 Å². The first-order valence-corrected chi connectivity index (χ1v) is 6.89. The minimum atomic E-state index is -0.737. The van der Waals surface area contributed by atoms with Gasteiger partial charge in [0.2, 0.25) is 0 Å². The fourth-order valence-electron chi connectivity index (χ4n) is 2.70. The SMILES string of the molecule is Cc1n[nH]c(=O)c2cc(N3CCC(C(=O)O)CC3)ncc12. The van der Waals surface area contributed by atoms with Gasteiger partial charge in [0, 0.05) is 24.7 Å². The summed E-state index contributed by atoms with van der Waals surface area (Å²) < 4.78 is 0. The first-order chi connectivity index (χ1) is 10.1. The number of hydrogen-bond donors (Lipinski definition) is 2. The van der Waals surface area contributed by atoms with E-state index in [9.17, 15) is 9.59 Å². The molecule has 0 bridgehead atoms. The van der Waals surface area contributed by atoms with E-state index in [-0.39, 0.29) is 11.5 Å². The van der Waals surface area contributed by atoms with E-state index in [0.29, 0.717) is 37.1 Å². The number of fused-ring (bicyclic) bond motifs is 1. The van der Waals surface area contributed by atoms with Crippen molar-refractivity contribution in [1.29, 1.82) is 0 Å². The Morgan fingerprint density at radius 3 is 2.76 bits per heavy atom. The van der Waals surface area contributed by atoms with Crippen LogP contribution in [0.5, 0.6) is 0 Å². The number of carboxylic acids is 1. The predicted octanol–water partition coefficient (Wildman–Crippen LogP) is 0.928. The van der Waals surface area contributed by atoms with Crippen LogP contribution in [0.4, 0.5) is 5.82 Å². The van der Waals surface area contributed by atoms with Gasteiger partial charge in [-0.1, -0.05) is 0 Å². The number of hydrogen-bond acceptors (Lipinski definition) is 5. The number of piperidine rings is 1. The van der Waals surface area contributed by atoms with Gasteiger partial charge >= 0.3 is 5.97 Å². The summed E-state index contributed by atoms with van der Waals surface area (Å²) in [6, 6.07) is 1.75. The van der Waals surface area contributed by atoms with Crippen molar-refractivity contribution >= 4 is 22.6 Å². The molecule has 1 fully saturated rings. The van der Waals surface area contributed by atoms with Crippen molar-refractivity contribution in [3.63, 3.8) is 0 Å². The molecule has 1 aliphatic heterocycles. The van der Waals surface area contributed by atoms with E-state index in [1.165, 1.54) is 0 Å². The van der Waals surface area contributed by atoms with Crippen molar-refractivity contribution < 1.29 is 9.90 Å². The molecule has 0 unspecified atom stereocenters. The molecular formula is C14H16N4O3. The number of nitrogens with one attached hydrogen (secondary N) is 1. The van der Waals surface area contributed by atoms with E-state index >= 15 is 0 Å². The van der Waals surface area contributed by atoms with E-state index in [2.05, 4.69) is 15.2 Å². The molecule has 110 valence electrons. The monoisotopic (exact) mass is 288 g/mol. The largest absolute Gasteiger partial charge is 0.481 e. The average Bonchev–Trinajstić information content (AvgIpc) is 2.51. The van der Waals surface area contributed by atoms with Crippen LogP contribution in [-0.2, 0) is 4.79 Å². The summed E-state index contributed by atoms with van der Waals surface area (Å²) in [5.41, 5.74) is 0.493. The maximum Gasteiger partial charge on any atom is 0.306 e. The third kappa shape index (κ3) is 2.46. The van der Waals surface area contributed by atoms with Gasteiger partial charge in [-0.25, -0.2) is 10.1 Å². The lowest BCUT2D eigenvalue weighted by atomic mass is 9.97. The summed E-state index contributed by atoms with van der Waals surface area (Å²) in [6.45, 7) is 3.09. The summed E-state index contributed by atoms with van der Waals surface area (Å²) in [4.78, 5) is 29.2. The highest BCUT2D eigenvalue weighted by Crippen LogP contribution is 2.24. The van der Waals surface area contributed by atoms with E-state index in [0.717, 1.165) is 11.1 Å². The van der Waals surface area contributed by atoms with Crippen LogP contribution in [-0.4, -0.2) is 39.3 Å². The number of anilines is 1. The zero-order chi connectivity index (χ0) is 15.0. The normalized spacial score (nSPS) is 16.3. The number of pyridine rings is 1. The van der Waals surface area contributed by atoms with Gasteiger partial charge in [0.25, 0.3) is 5.56 Å². The average molecular weight is 288 g/mol. The number of aromatic nitrogens is 3. The second-order valence-corrected chi connectivity index (χ2v) is 5.33. The van der Waals surface area contributed by atoms with Crippen LogP contribution in [0.15, 0.2) is 17.1 Å². The smallest absolute Gasteiger partial charge is 0.306 e. The quantitative estimate of drug-likeness (QED) is 0.852. The van der Waals surface area contributed by atoms with Gasteiger partial charge in [-0.05, 0) is 25.8 Å². The highest BCUT2D eigenvalue weighted by Gasteiger charge is 2.25. The lowest BCUT2D eigenvalue weighted by Crippen LogP contribution is -2.36. The predicted molar refractivity (Wildman–Crippen MR) is 77.5 cm³/mol. The molecule has 3 rings (SSSR count). The minimum Gasteiger partial charge on any atom is -0.481 e. The van der Waals surface area contributed by atoms with Gasteiger partial charge in [0.05, 0.1) is 17.0 Å². The number of H-pyrrole nitrogens is 1. The summed E-state index contributed by atoms with van der Waals surface area (Å²) in [6.07, 6.45) is 2.85. The van der Waals surface area contributed by atoms with Crippen LogP contribution in [0.1, 0.15) is 18.5 Å². The number of carbonyl (C=O) groups is 1. The molecular weight excluding hydrogens is 272 g/mol. The Bertz CT molecular complexity index is 747. The molecule has 0 amide bonds. The van der Waals surface area contributed by atoms with Crippen LogP contribution >= 0.6 is 0 Å². The van der Waals surface area contributed by atoms with E-state index < -0.39 is 5.97 Å². The number of aliphatic carboxylic acids is 1. The Kier molecular flexibility index (Phi) is 3.32. The molecule has 21 heavy (non-hydrogen) atoms. The Morgan fingerprint density at radius 1 is 1.38 bits per heavy atom. The second-order valence-electron chi connectivity index (χ2n) is 5.33. The summed E-state index contributed by atoms with van der Waals surface area (Å²) in [7, 11) is 0. The van der Waals surface area contributed by atoms with Crippen molar-refractivity contribution in [2.24, 2.45) is 5.92 Å². The van der Waals surface area contributed by atoms with Gasteiger partial charge in [0.15, 0.2) is 0 Å². The fourth-order valence-corrected chi connectivity index (χ4v) is 2.70. The van der Waals surface area contributed by atoms with Crippen molar-refractivity contribution in [3.05, 3.63) is 28.3 Å². The molecule has 3 heterocycles. The molecule has 1 aliphatic rings. The maximum absolute atomic E-state index is 11.9. The molecule has 7 heteroatoms. The van der Waals surface area contributed by atoms with Crippen LogP contribution in [0.3, 0.4) is 0 Å². The van der Waals surface area contributed by atoms with Crippen LogP contribution in [0.2, 0.25) is 0 Å². The second kappa shape index (κ2) is 5.16. The van der Waals surface area contributed by atoms with E-state index in [1.54, 1.807) is 12.3 Å². The Labute approximate surface area is 120 Å². The van der Waals surface area contributed by atoms with Crippen LogP contribution < -0.4 is 10.5 Å². The number of nitrogens with zero attached hydrogens (tertiary/aromatic N) is 3. The molecule has 0 radical (unpaired) electrons. The third-order valence-corrected chi connectivity index (χ3v) is 4.02. The highest BCUT2D eigenvalue weighted by atomic mass is 16.4. The Balaban J connectivity index is 1.91. The van der Waals surface area contributed by atoms with E-state index in [4.69, 9.17) is 5.11 Å². The molecule has 0 atom stereocenters. The first kappa shape index (κ1) is 13.5. The van der Waals surface area contributed by atoms with Crippen LogP contribution in [0, 0.1) is 12.8 Å². The molecule has 0 spiro atoms. The van der Waals surface area contributed by atoms with Crippen molar-refractivity contribution in [2.45, 2.75) is 19.8 Å². The summed E-state index contributed by atoms with van der Waals surface area (Å²) in [5.74, 6) is -0.307. The summed E-state index contributed by atoms with van der Waals surface area (Å²) in [5, 5.41) is 16.7. The molecule has 0 saturated carbocycles. The number of aryl methyl sites for hydroxylation is 1. The molecule has 2 aromatic heterocycles. The van der Waals surface area contributed by atoms with Crippen molar-refractivity contribution in [2.75, 3.05) is 18.0 Å². The van der Waals surface area contributed by atoms with Gasteiger partial charge in [0.1, 0.15) is 5.82 Å². The molecule has 7 nitrogen and oxygen atoms in total. The Hall–Kier alpha value is -2.44. The highest BCUT2D eigenvalue weighted by molar-refractivity contribution is 5.84. The molecule has 2 N–H and O–H groups in total. The molecule has 1 saturated heterocycles.